The van der Waals surface area contributed by atoms with E-state index in [9.17, 15) is 4.39 Å². The van der Waals surface area contributed by atoms with Gasteiger partial charge in [0.15, 0.2) is 0 Å². The summed E-state index contributed by atoms with van der Waals surface area (Å²) >= 11 is 23.6. The summed E-state index contributed by atoms with van der Waals surface area (Å²) in [5.74, 6) is -0.525. The molecule has 0 saturated carbocycles. The van der Waals surface area contributed by atoms with Crippen molar-refractivity contribution in [1.82, 2.24) is 0 Å². The van der Waals surface area contributed by atoms with Crippen LogP contribution in [0.1, 0.15) is 0 Å². The van der Waals surface area contributed by atoms with Gasteiger partial charge in [0.25, 0.3) is 0 Å². The maximum absolute atomic E-state index is 13.1. The highest BCUT2D eigenvalue weighted by molar-refractivity contribution is 6.42. The molecule has 0 fully saturated rings. The van der Waals surface area contributed by atoms with Crippen molar-refractivity contribution in [3.8, 4) is 0 Å². The fraction of sp³-hybridized carbons (Fsp3) is 0. The molecule has 2 rings (SSSR count). The van der Waals surface area contributed by atoms with Crippen LogP contribution in [0.5, 0.6) is 0 Å². The van der Waals surface area contributed by atoms with Crippen molar-refractivity contribution in [2.45, 2.75) is 0 Å². The second-order valence-corrected chi connectivity index (χ2v) is 5.35. The van der Waals surface area contributed by atoms with E-state index < -0.39 is 5.82 Å². The summed E-state index contributed by atoms with van der Waals surface area (Å²) in [6.45, 7) is 0. The lowest BCUT2D eigenvalue weighted by Gasteiger charge is -2.13. The summed E-state index contributed by atoms with van der Waals surface area (Å²) in [4.78, 5) is 0. The third-order valence-corrected chi connectivity index (χ3v) is 3.68. The Morgan fingerprint density at radius 1 is 0.842 bits per heavy atom. The van der Waals surface area contributed by atoms with Crippen LogP contribution in [-0.4, -0.2) is 0 Å². The van der Waals surface area contributed by atoms with Crippen molar-refractivity contribution in [2.75, 3.05) is 11.1 Å². The summed E-state index contributed by atoms with van der Waals surface area (Å²) in [6.07, 6.45) is 0. The lowest BCUT2D eigenvalue weighted by molar-refractivity contribution is 0.628. The number of anilines is 3. The zero-order valence-electron chi connectivity index (χ0n) is 9.28. The van der Waals surface area contributed by atoms with Crippen LogP contribution in [0, 0.1) is 5.82 Å². The van der Waals surface area contributed by atoms with Crippen LogP contribution in [-0.2, 0) is 0 Å². The van der Waals surface area contributed by atoms with Gasteiger partial charge in [-0.1, -0.05) is 46.4 Å². The molecule has 0 bridgehead atoms. The highest BCUT2D eigenvalue weighted by atomic mass is 35.5. The van der Waals surface area contributed by atoms with E-state index in [1.165, 1.54) is 12.1 Å². The number of nitrogen functional groups attached to an aromatic ring is 1. The Morgan fingerprint density at radius 2 is 1.37 bits per heavy atom. The average molecular weight is 340 g/mol. The Balaban J connectivity index is 2.45. The molecule has 7 heteroatoms. The first-order valence-electron chi connectivity index (χ1n) is 5.04. The molecule has 0 radical (unpaired) electrons. The topological polar surface area (TPSA) is 38.0 Å². The summed E-state index contributed by atoms with van der Waals surface area (Å²) in [6, 6.07) is 5.32. The first-order chi connectivity index (χ1) is 8.88. The van der Waals surface area contributed by atoms with Crippen LogP contribution in [0.3, 0.4) is 0 Å². The molecular formula is C12H7Cl4FN2. The molecule has 0 amide bonds. The van der Waals surface area contributed by atoms with Crippen LogP contribution in [0.4, 0.5) is 21.5 Å². The molecule has 0 aliphatic rings. The van der Waals surface area contributed by atoms with Gasteiger partial charge < -0.3 is 11.1 Å². The van der Waals surface area contributed by atoms with Crippen LogP contribution in [0.15, 0.2) is 24.3 Å². The van der Waals surface area contributed by atoms with Crippen LogP contribution in [0.2, 0.25) is 20.1 Å². The average Bonchev–Trinajstić information content (AvgIpc) is 2.29. The number of hydrogen-bond acceptors (Lipinski definition) is 2. The minimum Gasteiger partial charge on any atom is -0.397 e. The molecule has 19 heavy (non-hydrogen) atoms. The van der Waals surface area contributed by atoms with E-state index in [4.69, 9.17) is 52.1 Å². The van der Waals surface area contributed by atoms with E-state index >= 15 is 0 Å². The van der Waals surface area contributed by atoms with E-state index in [1.807, 2.05) is 0 Å². The van der Waals surface area contributed by atoms with Gasteiger partial charge in [0.1, 0.15) is 5.82 Å². The molecule has 0 spiro atoms. The van der Waals surface area contributed by atoms with Crippen LogP contribution in [0.25, 0.3) is 0 Å². The predicted octanol–water partition coefficient (Wildman–Crippen LogP) is 5.77. The van der Waals surface area contributed by atoms with Gasteiger partial charge in [-0.2, -0.15) is 0 Å². The Labute approximate surface area is 129 Å². The van der Waals surface area contributed by atoms with Crippen LogP contribution >= 0.6 is 46.4 Å². The molecule has 0 aliphatic carbocycles. The van der Waals surface area contributed by atoms with E-state index in [0.717, 1.165) is 12.1 Å². The third-order valence-electron chi connectivity index (χ3n) is 2.36. The quantitative estimate of drug-likeness (QED) is 0.682. The standard InChI is InChI=1S/C12H7Cl4FN2/c13-6-3-10(18)11(4-7(6)14)19-12-8(15)1-5(17)2-9(12)16/h1-4,19H,18H2. The molecule has 0 heterocycles. The van der Waals surface area contributed by atoms with E-state index in [2.05, 4.69) is 5.32 Å². The molecule has 0 unspecified atom stereocenters. The molecule has 100 valence electrons. The van der Waals surface area contributed by atoms with E-state index in [0.29, 0.717) is 27.1 Å². The Hall–Kier alpha value is -0.870. The van der Waals surface area contributed by atoms with Gasteiger partial charge in [-0.15, -0.1) is 0 Å². The van der Waals surface area contributed by atoms with Crippen molar-refractivity contribution >= 4 is 63.5 Å². The van der Waals surface area contributed by atoms with Gasteiger partial charge >= 0.3 is 0 Å². The largest absolute Gasteiger partial charge is 0.397 e. The fourth-order valence-corrected chi connectivity index (χ4v) is 2.36. The summed E-state index contributed by atoms with van der Waals surface area (Å²) in [7, 11) is 0. The third kappa shape index (κ3) is 3.18. The Bertz CT molecular complexity index is 623. The van der Waals surface area contributed by atoms with Gasteiger partial charge in [-0.05, 0) is 24.3 Å². The van der Waals surface area contributed by atoms with Crippen molar-refractivity contribution in [3.05, 3.63) is 50.2 Å². The second-order valence-electron chi connectivity index (χ2n) is 3.72. The highest BCUT2D eigenvalue weighted by Crippen LogP contribution is 2.37. The number of nitrogens with one attached hydrogen (secondary N) is 1. The number of benzene rings is 2. The fourth-order valence-electron chi connectivity index (χ4n) is 1.47. The monoisotopic (exact) mass is 338 g/mol. The lowest BCUT2D eigenvalue weighted by Crippen LogP contribution is -1.98. The smallest absolute Gasteiger partial charge is 0.126 e. The summed E-state index contributed by atoms with van der Waals surface area (Å²) in [5, 5.41) is 3.84. The molecule has 0 aromatic heterocycles. The molecule has 3 N–H and O–H groups in total. The van der Waals surface area contributed by atoms with Gasteiger partial charge in [-0.3, -0.25) is 0 Å². The number of rotatable bonds is 2. The van der Waals surface area contributed by atoms with E-state index in [-0.39, 0.29) is 10.0 Å². The predicted molar refractivity (Wildman–Crippen MR) is 80.6 cm³/mol. The van der Waals surface area contributed by atoms with Crippen molar-refractivity contribution < 1.29 is 4.39 Å². The highest BCUT2D eigenvalue weighted by Gasteiger charge is 2.11. The minimum absolute atomic E-state index is 0.135. The normalized spacial score (nSPS) is 10.6. The van der Waals surface area contributed by atoms with Gasteiger partial charge in [0.2, 0.25) is 0 Å². The first kappa shape index (κ1) is 14.5. The first-order valence-corrected chi connectivity index (χ1v) is 6.55. The second kappa shape index (κ2) is 5.63. The molecule has 0 atom stereocenters. The zero-order chi connectivity index (χ0) is 14.2. The van der Waals surface area contributed by atoms with Gasteiger partial charge in [-0.25, -0.2) is 4.39 Å². The van der Waals surface area contributed by atoms with Crippen molar-refractivity contribution in [3.63, 3.8) is 0 Å². The Kier molecular flexibility index (Phi) is 4.31. The maximum Gasteiger partial charge on any atom is 0.126 e. The van der Waals surface area contributed by atoms with Crippen molar-refractivity contribution in [1.29, 1.82) is 0 Å². The minimum atomic E-state index is -0.525. The number of hydrogen-bond donors (Lipinski definition) is 2. The van der Waals surface area contributed by atoms with Crippen molar-refractivity contribution in [2.24, 2.45) is 0 Å². The Morgan fingerprint density at radius 3 is 1.95 bits per heavy atom. The maximum atomic E-state index is 13.1. The molecule has 2 aromatic carbocycles. The molecule has 2 aromatic rings. The SMILES string of the molecule is Nc1cc(Cl)c(Cl)cc1Nc1c(Cl)cc(F)cc1Cl. The summed E-state index contributed by atoms with van der Waals surface area (Å²) < 4.78 is 13.1. The molecule has 0 saturated heterocycles. The zero-order valence-corrected chi connectivity index (χ0v) is 12.3. The van der Waals surface area contributed by atoms with Gasteiger partial charge in [0, 0.05) is 0 Å². The number of halogens is 5. The molecule has 0 aliphatic heterocycles. The molecule has 2 nitrogen and oxygen atoms in total. The summed E-state index contributed by atoms with van der Waals surface area (Å²) in [5.41, 5.74) is 6.99. The van der Waals surface area contributed by atoms with Crippen LogP contribution < -0.4 is 11.1 Å². The lowest BCUT2D eigenvalue weighted by atomic mass is 10.2. The van der Waals surface area contributed by atoms with Gasteiger partial charge in [0.05, 0.1) is 37.2 Å². The molecular weight excluding hydrogens is 333 g/mol. The van der Waals surface area contributed by atoms with E-state index in [1.54, 1.807) is 0 Å². The number of nitrogens with two attached hydrogens (primary N) is 1.